The van der Waals surface area contributed by atoms with Gasteiger partial charge < -0.3 is 9.64 Å². The number of carbonyl (C=O) groups is 1. The van der Waals surface area contributed by atoms with Crippen LogP contribution in [0.15, 0.2) is 30.3 Å². The van der Waals surface area contributed by atoms with Crippen molar-refractivity contribution in [1.29, 1.82) is 0 Å². The summed E-state index contributed by atoms with van der Waals surface area (Å²) in [6.45, 7) is 7.21. The van der Waals surface area contributed by atoms with Crippen molar-refractivity contribution in [1.82, 2.24) is 4.90 Å². The fraction of sp³-hybridized carbons (Fsp3) is 0.500. The first-order valence-corrected chi connectivity index (χ1v) is 6.07. The molecule has 17 heavy (non-hydrogen) atoms. The largest absolute Gasteiger partial charge is 0.380 e. The molecule has 1 fully saturated rings. The zero-order valence-electron chi connectivity index (χ0n) is 10.5. The lowest BCUT2D eigenvalue weighted by atomic mass is 9.88. The molecular weight excluding hydrogens is 214 g/mol. The number of nitrogens with zero attached hydrogens (tertiary/aromatic N) is 1. The molecule has 1 amide bonds. The lowest BCUT2D eigenvalue weighted by Crippen LogP contribution is -2.50. The molecule has 2 rings (SSSR count). The van der Waals surface area contributed by atoms with Crippen LogP contribution in [0.25, 0.3) is 0 Å². The fourth-order valence-corrected chi connectivity index (χ4v) is 2.09. The van der Waals surface area contributed by atoms with Gasteiger partial charge in [-0.15, -0.1) is 0 Å². The second kappa shape index (κ2) is 4.88. The lowest BCUT2D eigenvalue weighted by molar-refractivity contribution is -0.110. The predicted octanol–water partition coefficient (Wildman–Crippen LogP) is 2.19. The molecule has 0 N–H and O–H groups in total. The first kappa shape index (κ1) is 12.1. The number of amides is 1. The maximum atomic E-state index is 12.3. The Labute approximate surface area is 102 Å². The molecule has 0 unspecified atom stereocenters. The SMILES string of the molecule is CCN(CC1(C)COC1)C(=O)c1ccccc1. The molecule has 1 aromatic carbocycles. The molecule has 3 nitrogen and oxygen atoms in total. The van der Waals surface area contributed by atoms with Gasteiger partial charge in [0.05, 0.1) is 13.2 Å². The summed E-state index contributed by atoms with van der Waals surface area (Å²) < 4.78 is 5.23. The van der Waals surface area contributed by atoms with Gasteiger partial charge in [-0.05, 0) is 19.1 Å². The molecule has 0 spiro atoms. The van der Waals surface area contributed by atoms with Crippen molar-refractivity contribution in [3.8, 4) is 0 Å². The zero-order valence-corrected chi connectivity index (χ0v) is 10.5. The van der Waals surface area contributed by atoms with Crippen molar-refractivity contribution in [2.24, 2.45) is 5.41 Å². The van der Waals surface area contributed by atoms with Gasteiger partial charge in [0.25, 0.3) is 5.91 Å². The normalized spacial score (nSPS) is 17.3. The van der Waals surface area contributed by atoms with E-state index >= 15 is 0 Å². The highest BCUT2D eigenvalue weighted by Crippen LogP contribution is 2.28. The second-order valence-corrected chi connectivity index (χ2v) is 4.99. The number of hydrogen-bond acceptors (Lipinski definition) is 2. The van der Waals surface area contributed by atoms with E-state index in [4.69, 9.17) is 4.74 Å². The van der Waals surface area contributed by atoms with E-state index < -0.39 is 0 Å². The number of ether oxygens (including phenoxy) is 1. The topological polar surface area (TPSA) is 29.5 Å². The van der Waals surface area contributed by atoms with E-state index in [9.17, 15) is 4.79 Å². The van der Waals surface area contributed by atoms with Crippen LogP contribution in [0.1, 0.15) is 24.2 Å². The van der Waals surface area contributed by atoms with E-state index in [0.717, 1.165) is 31.9 Å². The first-order chi connectivity index (χ1) is 8.14. The summed E-state index contributed by atoms with van der Waals surface area (Å²) in [5, 5.41) is 0. The van der Waals surface area contributed by atoms with E-state index in [-0.39, 0.29) is 11.3 Å². The summed E-state index contributed by atoms with van der Waals surface area (Å²) in [6.07, 6.45) is 0. The summed E-state index contributed by atoms with van der Waals surface area (Å²) in [5.41, 5.74) is 0.902. The summed E-state index contributed by atoms with van der Waals surface area (Å²) in [6, 6.07) is 9.45. The Morgan fingerprint density at radius 1 is 1.35 bits per heavy atom. The van der Waals surface area contributed by atoms with Crippen LogP contribution < -0.4 is 0 Å². The van der Waals surface area contributed by atoms with E-state index in [0.29, 0.717) is 0 Å². The maximum absolute atomic E-state index is 12.3. The summed E-state index contributed by atoms with van der Waals surface area (Å²) >= 11 is 0. The van der Waals surface area contributed by atoms with Gasteiger partial charge in [-0.1, -0.05) is 25.1 Å². The molecule has 1 heterocycles. The number of rotatable bonds is 4. The number of carbonyl (C=O) groups excluding carboxylic acids is 1. The molecule has 0 aliphatic carbocycles. The lowest BCUT2D eigenvalue weighted by Gasteiger charge is -2.41. The number of benzene rings is 1. The van der Waals surface area contributed by atoms with Crippen LogP contribution in [0.4, 0.5) is 0 Å². The minimum atomic E-state index is 0.112. The van der Waals surface area contributed by atoms with Crippen molar-refractivity contribution < 1.29 is 9.53 Å². The maximum Gasteiger partial charge on any atom is 0.253 e. The molecule has 3 heteroatoms. The quantitative estimate of drug-likeness (QED) is 0.797. The van der Waals surface area contributed by atoms with Gasteiger partial charge in [0.15, 0.2) is 0 Å². The van der Waals surface area contributed by atoms with Gasteiger partial charge in [-0.3, -0.25) is 4.79 Å². The van der Waals surface area contributed by atoms with E-state index in [1.165, 1.54) is 0 Å². The van der Waals surface area contributed by atoms with Gasteiger partial charge in [-0.2, -0.15) is 0 Å². The van der Waals surface area contributed by atoms with Crippen LogP contribution in [0.5, 0.6) is 0 Å². The second-order valence-electron chi connectivity index (χ2n) is 4.99. The first-order valence-electron chi connectivity index (χ1n) is 6.07. The highest BCUT2D eigenvalue weighted by Gasteiger charge is 2.36. The van der Waals surface area contributed by atoms with E-state index in [1.807, 2.05) is 42.2 Å². The molecule has 1 aromatic rings. The Morgan fingerprint density at radius 3 is 2.47 bits per heavy atom. The van der Waals surface area contributed by atoms with Crippen LogP contribution in [-0.2, 0) is 4.74 Å². The molecule has 1 aliphatic heterocycles. The Bertz CT molecular complexity index is 384. The monoisotopic (exact) mass is 233 g/mol. The van der Waals surface area contributed by atoms with Crippen molar-refractivity contribution in [3.05, 3.63) is 35.9 Å². The standard InChI is InChI=1S/C14H19NO2/c1-3-15(9-14(2)10-17-11-14)13(16)12-7-5-4-6-8-12/h4-8H,3,9-11H2,1-2H3. The zero-order chi connectivity index (χ0) is 12.3. The average molecular weight is 233 g/mol. The summed E-state index contributed by atoms with van der Waals surface area (Å²) in [4.78, 5) is 14.2. The Morgan fingerprint density at radius 2 is 2.00 bits per heavy atom. The molecule has 0 saturated carbocycles. The molecule has 1 saturated heterocycles. The van der Waals surface area contributed by atoms with Gasteiger partial charge in [-0.25, -0.2) is 0 Å². The van der Waals surface area contributed by atoms with E-state index in [2.05, 4.69) is 6.92 Å². The Balaban J connectivity index is 2.05. The van der Waals surface area contributed by atoms with Crippen LogP contribution in [0.3, 0.4) is 0 Å². The Hall–Kier alpha value is -1.35. The minimum absolute atomic E-state index is 0.112. The molecule has 0 aromatic heterocycles. The van der Waals surface area contributed by atoms with Crippen molar-refractivity contribution in [2.45, 2.75) is 13.8 Å². The van der Waals surface area contributed by atoms with Crippen LogP contribution in [0.2, 0.25) is 0 Å². The van der Waals surface area contributed by atoms with Crippen LogP contribution in [0, 0.1) is 5.41 Å². The van der Waals surface area contributed by atoms with Gasteiger partial charge >= 0.3 is 0 Å². The third-order valence-electron chi connectivity index (χ3n) is 3.16. The highest BCUT2D eigenvalue weighted by atomic mass is 16.5. The third kappa shape index (κ3) is 2.67. The highest BCUT2D eigenvalue weighted by molar-refractivity contribution is 5.94. The summed E-state index contributed by atoms with van der Waals surface area (Å²) in [5.74, 6) is 0.112. The van der Waals surface area contributed by atoms with Crippen LogP contribution >= 0.6 is 0 Å². The Kier molecular flexibility index (Phi) is 3.48. The van der Waals surface area contributed by atoms with Gasteiger partial charge in [0.1, 0.15) is 0 Å². The average Bonchev–Trinajstić information content (AvgIpc) is 2.34. The molecule has 0 atom stereocenters. The number of hydrogen-bond donors (Lipinski definition) is 0. The molecule has 0 radical (unpaired) electrons. The molecule has 1 aliphatic rings. The third-order valence-corrected chi connectivity index (χ3v) is 3.16. The smallest absolute Gasteiger partial charge is 0.253 e. The van der Waals surface area contributed by atoms with Crippen molar-refractivity contribution in [2.75, 3.05) is 26.3 Å². The van der Waals surface area contributed by atoms with Crippen molar-refractivity contribution >= 4 is 5.91 Å². The summed E-state index contributed by atoms with van der Waals surface area (Å²) in [7, 11) is 0. The van der Waals surface area contributed by atoms with Gasteiger partial charge in [0.2, 0.25) is 0 Å². The molecule has 0 bridgehead atoms. The molecule has 92 valence electrons. The van der Waals surface area contributed by atoms with E-state index in [1.54, 1.807) is 0 Å². The van der Waals surface area contributed by atoms with Crippen molar-refractivity contribution in [3.63, 3.8) is 0 Å². The minimum Gasteiger partial charge on any atom is -0.380 e. The fourth-order valence-electron chi connectivity index (χ4n) is 2.09. The van der Waals surface area contributed by atoms with Gasteiger partial charge in [0, 0.05) is 24.1 Å². The predicted molar refractivity (Wildman–Crippen MR) is 66.9 cm³/mol. The van der Waals surface area contributed by atoms with Crippen LogP contribution in [-0.4, -0.2) is 37.1 Å². The molecular formula is C14H19NO2.